The van der Waals surface area contributed by atoms with Crippen molar-refractivity contribution in [2.75, 3.05) is 31.1 Å². The highest BCUT2D eigenvalue weighted by Crippen LogP contribution is 2.27. The SMILES string of the molecule is Oc1ccc(CN2CCN(c3ccc(F)cc3F)CC2)c2cccnc12. The topological polar surface area (TPSA) is 39.6 Å². The molecule has 2 heterocycles. The van der Waals surface area contributed by atoms with E-state index < -0.39 is 11.6 Å². The molecule has 134 valence electrons. The van der Waals surface area contributed by atoms with Gasteiger partial charge < -0.3 is 10.0 Å². The molecule has 0 radical (unpaired) electrons. The average Bonchev–Trinajstić information content (AvgIpc) is 2.65. The second kappa shape index (κ2) is 6.88. The van der Waals surface area contributed by atoms with Gasteiger partial charge in [-0.25, -0.2) is 8.78 Å². The number of hydrogen-bond donors (Lipinski definition) is 1. The zero-order valence-electron chi connectivity index (χ0n) is 14.2. The van der Waals surface area contributed by atoms with E-state index in [0.29, 0.717) is 24.3 Å². The van der Waals surface area contributed by atoms with Crippen molar-refractivity contribution in [3.8, 4) is 5.75 Å². The average molecular weight is 355 g/mol. The number of piperazine rings is 1. The van der Waals surface area contributed by atoms with Crippen molar-refractivity contribution in [2.45, 2.75) is 6.54 Å². The number of benzene rings is 2. The Labute approximate surface area is 150 Å². The third kappa shape index (κ3) is 3.20. The molecule has 2 aromatic carbocycles. The van der Waals surface area contributed by atoms with Gasteiger partial charge in [-0.05, 0) is 29.8 Å². The molecule has 1 N–H and O–H groups in total. The summed E-state index contributed by atoms with van der Waals surface area (Å²) in [5.41, 5.74) is 2.16. The molecule has 0 unspecified atom stereocenters. The van der Waals surface area contributed by atoms with Crippen LogP contribution in [0, 0.1) is 11.6 Å². The molecular weight excluding hydrogens is 336 g/mol. The number of anilines is 1. The van der Waals surface area contributed by atoms with Gasteiger partial charge in [-0.2, -0.15) is 0 Å². The maximum atomic E-state index is 14.0. The maximum Gasteiger partial charge on any atom is 0.149 e. The minimum absolute atomic E-state index is 0.181. The van der Waals surface area contributed by atoms with Crippen LogP contribution in [0.1, 0.15) is 5.56 Å². The molecule has 4 rings (SSSR count). The Morgan fingerprint density at radius 3 is 2.58 bits per heavy atom. The monoisotopic (exact) mass is 355 g/mol. The number of nitrogens with zero attached hydrogens (tertiary/aromatic N) is 3. The van der Waals surface area contributed by atoms with Crippen molar-refractivity contribution in [1.82, 2.24) is 9.88 Å². The number of aromatic nitrogens is 1. The number of aromatic hydroxyl groups is 1. The number of hydrogen-bond acceptors (Lipinski definition) is 4. The van der Waals surface area contributed by atoms with Gasteiger partial charge in [0.15, 0.2) is 0 Å². The summed E-state index contributed by atoms with van der Waals surface area (Å²) in [5, 5.41) is 10.9. The largest absolute Gasteiger partial charge is 0.506 e. The summed E-state index contributed by atoms with van der Waals surface area (Å²) in [4.78, 5) is 8.49. The Morgan fingerprint density at radius 1 is 1.00 bits per heavy atom. The molecular formula is C20H19F2N3O. The molecule has 6 heteroatoms. The first-order chi connectivity index (χ1) is 12.6. The van der Waals surface area contributed by atoms with E-state index in [2.05, 4.69) is 9.88 Å². The molecule has 0 amide bonds. The van der Waals surface area contributed by atoms with Crippen LogP contribution < -0.4 is 4.90 Å². The molecule has 1 aliphatic heterocycles. The van der Waals surface area contributed by atoms with Crippen LogP contribution in [-0.4, -0.2) is 41.2 Å². The zero-order chi connectivity index (χ0) is 18.1. The number of halogens is 2. The fraction of sp³-hybridized carbons (Fsp3) is 0.250. The van der Waals surface area contributed by atoms with Crippen LogP contribution in [0.15, 0.2) is 48.7 Å². The van der Waals surface area contributed by atoms with E-state index in [1.54, 1.807) is 12.3 Å². The van der Waals surface area contributed by atoms with Gasteiger partial charge in [0.1, 0.15) is 22.9 Å². The predicted octanol–water partition coefficient (Wildman–Crippen LogP) is 3.54. The van der Waals surface area contributed by atoms with E-state index in [4.69, 9.17) is 0 Å². The molecule has 4 nitrogen and oxygen atoms in total. The van der Waals surface area contributed by atoms with Crippen LogP contribution in [0.2, 0.25) is 0 Å². The number of phenols is 1. The lowest BCUT2D eigenvalue weighted by Gasteiger charge is -2.36. The van der Waals surface area contributed by atoms with Gasteiger partial charge in [0, 0.05) is 50.4 Å². The van der Waals surface area contributed by atoms with E-state index >= 15 is 0 Å². The quantitative estimate of drug-likeness (QED) is 0.780. The Morgan fingerprint density at radius 2 is 1.81 bits per heavy atom. The van der Waals surface area contributed by atoms with Crippen LogP contribution in [-0.2, 0) is 6.54 Å². The van der Waals surface area contributed by atoms with Crippen LogP contribution in [0.4, 0.5) is 14.5 Å². The predicted molar refractivity (Wildman–Crippen MR) is 97.3 cm³/mol. The molecule has 0 saturated carbocycles. The van der Waals surface area contributed by atoms with E-state index in [1.807, 2.05) is 23.1 Å². The number of phenolic OH excluding ortho intramolecular Hbond substituents is 1. The number of pyridine rings is 1. The summed E-state index contributed by atoms with van der Waals surface area (Å²) in [6.45, 7) is 3.65. The van der Waals surface area contributed by atoms with Gasteiger partial charge in [0.25, 0.3) is 0 Å². The summed E-state index contributed by atoms with van der Waals surface area (Å²) in [6, 6.07) is 11.1. The molecule has 1 aliphatic rings. The fourth-order valence-corrected chi connectivity index (χ4v) is 3.48. The number of fused-ring (bicyclic) bond motifs is 1. The van der Waals surface area contributed by atoms with Gasteiger partial charge >= 0.3 is 0 Å². The second-order valence-electron chi connectivity index (χ2n) is 6.50. The first-order valence-corrected chi connectivity index (χ1v) is 8.60. The van der Waals surface area contributed by atoms with Crippen molar-refractivity contribution >= 4 is 16.6 Å². The highest BCUT2D eigenvalue weighted by atomic mass is 19.1. The minimum atomic E-state index is -0.558. The van der Waals surface area contributed by atoms with Gasteiger partial charge in [-0.15, -0.1) is 0 Å². The van der Waals surface area contributed by atoms with Crippen molar-refractivity contribution in [1.29, 1.82) is 0 Å². The van der Waals surface area contributed by atoms with Gasteiger partial charge in [0.05, 0.1) is 5.69 Å². The lowest BCUT2D eigenvalue weighted by molar-refractivity contribution is 0.250. The smallest absolute Gasteiger partial charge is 0.149 e. The summed E-state index contributed by atoms with van der Waals surface area (Å²) in [6.07, 6.45) is 1.67. The lowest BCUT2D eigenvalue weighted by Crippen LogP contribution is -2.46. The third-order valence-electron chi connectivity index (χ3n) is 4.86. The normalized spacial score (nSPS) is 15.5. The molecule has 0 bridgehead atoms. The molecule has 1 saturated heterocycles. The van der Waals surface area contributed by atoms with Crippen LogP contribution >= 0.6 is 0 Å². The number of rotatable bonds is 3. The van der Waals surface area contributed by atoms with Gasteiger partial charge in [-0.1, -0.05) is 12.1 Å². The first kappa shape index (κ1) is 16.7. The fourth-order valence-electron chi connectivity index (χ4n) is 3.48. The van der Waals surface area contributed by atoms with E-state index in [-0.39, 0.29) is 5.75 Å². The Balaban J connectivity index is 1.47. The molecule has 0 atom stereocenters. The standard InChI is InChI=1S/C20H19F2N3O/c21-15-4-5-18(17(22)12-15)25-10-8-24(9-11-25)13-14-3-6-19(26)20-16(14)2-1-7-23-20/h1-7,12,26H,8-11,13H2. The lowest BCUT2D eigenvalue weighted by atomic mass is 10.1. The van der Waals surface area contributed by atoms with Crippen LogP contribution in [0.25, 0.3) is 10.9 Å². The molecule has 0 spiro atoms. The van der Waals surface area contributed by atoms with Gasteiger partial charge in [-0.3, -0.25) is 9.88 Å². The Kier molecular flexibility index (Phi) is 4.42. The highest BCUT2D eigenvalue weighted by Gasteiger charge is 2.20. The molecule has 1 fully saturated rings. The summed E-state index contributed by atoms with van der Waals surface area (Å²) in [7, 11) is 0. The molecule has 26 heavy (non-hydrogen) atoms. The minimum Gasteiger partial charge on any atom is -0.506 e. The zero-order valence-corrected chi connectivity index (χ0v) is 14.2. The van der Waals surface area contributed by atoms with Crippen molar-refractivity contribution in [3.63, 3.8) is 0 Å². The third-order valence-corrected chi connectivity index (χ3v) is 4.86. The maximum absolute atomic E-state index is 14.0. The van der Waals surface area contributed by atoms with E-state index in [9.17, 15) is 13.9 Å². The second-order valence-corrected chi connectivity index (χ2v) is 6.50. The Hall–Kier alpha value is -2.73. The summed E-state index contributed by atoms with van der Waals surface area (Å²) >= 11 is 0. The molecule has 0 aliphatic carbocycles. The molecule has 3 aromatic rings. The van der Waals surface area contributed by atoms with Crippen LogP contribution in [0.3, 0.4) is 0 Å². The van der Waals surface area contributed by atoms with Crippen LogP contribution in [0.5, 0.6) is 5.75 Å². The van der Waals surface area contributed by atoms with E-state index in [0.717, 1.165) is 36.7 Å². The Bertz CT molecular complexity index is 939. The van der Waals surface area contributed by atoms with Crippen molar-refractivity contribution < 1.29 is 13.9 Å². The van der Waals surface area contributed by atoms with E-state index in [1.165, 1.54) is 12.1 Å². The summed E-state index contributed by atoms with van der Waals surface area (Å²) < 4.78 is 27.1. The van der Waals surface area contributed by atoms with Crippen molar-refractivity contribution in [2.24, 2.45) is 0 Å². The summed E-state index contributed by atoms with van der Waals surface area (Å²) in [5.74, 6) is -0.896. The van der Waals surface area contributed by atoms with Gasteiger partial charge in [0.2, 0.25) is 0 Å². The highest BCUT2D eigenvalue weighted by molar-refractivity contribution is 5.87. The van der Waals surface area contributed by atoms with Crippen molar-refractivity contribution in [3.05, 3.63) is 65.9 Å². The molecule has 1 aromatic heterocycles. The first-order valence-electron chi connectivity index (χ1n) is 8.60.